The van der Waals surface area contributed by atoms with Crippen LogP contribution in [0, 0.1) is 0 Å². The summed E-state index contributed by atoms with van der Waals surface area (Å²) in [4.78, 5) is 0. The molecule has 0 fully saturated rings. The monoisotopic (exact) mass is 177 g/mol. The van der Waals surface area contributed by atoms with Gasteiger partial charge in [0.25, 0.3) is 0 Å². The van der Waals surface area contributed by atoms with E-state index < -0.39 is 8.03 Å². The molecule has 0 aliphatic heterocycles. The van der Waals surface area contributed by atoms with E-state index in [9.17, 15) is 4.57 Å². The second-order valence-electron chi connectivity index (χ2n) is 2.65. The van der Waals surface area contributed by atoms with Crippen molar-refractivity contribution in [3.8, 4) is 0 Å². The normalized spacial score (nSPS) is 11.6. The summed E-state index contributed by atoms with van der Waals surface area (Å²) in [6, 6.07) is 0. The van der Waals surface area contributed by atoms with Gasteiger partial charge in [0.15, 0.2) is 6.16 Å². The van der Waals surface area contributed by atoms with E-state index in [1.807, 2.05) is 0 Å². The first-order chi connectivity index (χ1) is 5.31. The van der Waals surface area contributed by atoms with Crippen molar-refractivity contribution >= 4 is 8.03 Å². The Morgan fingerprint density at radius 3 is 2.36 bits per heavy atom. The molecule has 0 saturated heterocycles. The number of unbranched alkanes of at least 4 members (excludes halogenated alkanes) is 4. The molecule has 1 atom stereocenters. The van der Waals surface area contributed by atoms with Crippen molar-refractivity contribution < 1.29 is 9.09 Å². The third kappa shape index (κ3) is 7.96. The van der Waals surface area contributed by atoms with Crippen LogP contribution >= 0.6 is 8.03 Å². The average Bonchev–Trinajstić information content (AvgIpc) is 2.04. The molecule has 0 heterocycles. The summed E-state index contributed by atoms with van der Waals surface area (Å²) in [7, 11) is 0.155. The maximum atomic E-state index is 10.8. The van der Waals surface area contributed by atoms with Crippen molar-refractivity contribution in [3.05, 3.63) is 0 Å². The van der Waals surface area contributed by atoms with Gasteiger partial charge in [-0.1, -0.05) is 26.2 Å². The lowest BCUT2D eigenvalue weighted by molar-refractivity contribution is 0.413. The molecule has 0 aromatic carbocycles. The van der Waals surface area contributed by atoms with Crippen LogP contribution in [0.3, 0.4) is 0 Å². The number of hydrogen-bond acceptors (Lipinski definition) is 2. The quantitative estimate of drug-likeness (QED) is 0.440. The molecule has 0 radical (unpaired) electrons. The lowest BCUT2D eigenvalue weighted by Crippen LogP contribution is -1.82. The van der Waals surface area contributed by atoms with Crippen LogP contribution in [-0.2, 0) is 9.09 Å². The van der Waals surface area contributed by atoms with Crippen molar-refractivity contribution in [2.24, 2.45) is 0 Å². The van der Waals surface area contributed by atoms with Crippen molar-refractivity contribution in [2.45, 2.75) is 39.0 Å². The molecule has 0 aliphatic rings. The molecule has 0 N–H and O–H groups in total. The molecule has 11 heavy (non-hydrogen) atoms. The van der Waals surface area contributed by atoms with Gasteiger partial charge in [0.1, 0.15) is 0 Å². The zero-order chi connectivity index (χ0) is 8.53. The third-order valence-corrected chi connectivity index (χ3v) is 2.74. The number of rotatable bonds is 7. The predicted molar refractivity (Wildman–Crippen MR) is 48.2 cm³/mol. The Kier molecular flexibility index (Phi) is 8.20. The fourth-order valence-corrected chi connectivity index (χ4v) is 1.60. The molecule has 1 unspecified atom stereocenters. The molecular weight excluding hydrogens is 159 g/mol. The van der Waals surface area contributed by atoms with E-state index in [4.69, 9.17) is 0 Å². The van der Waals surface area contributed by atoms with Gasteiger partial charge < -0.3 is 0 Å². The molecule has 0 rings (SSSR count). The fraction of sp³-hybridized carbons (Fsp3) is 1.00. The second-order valence-corrected chi connectivity index (χ2v) is 4.13. The van der Waals surface area contributed by atoms with Crippen LogP contribution in [0.2, 0.25) is 0 Å². The Morgan fingerprint density at radius 1 is 1.18 bits per heavy atom. The third-order valence-electron chi connectivity index (χ3n) is 1.65. The molecule has 0 saturated carbocycles. The highest BCUT2D eigenvalue weighted by atomic mass is 31.1. The summed E-state index contributed by atoms with van der Waals surface area (Å²) >= 11 is 0. The van der Waals surface area contributed by atoms with E-state index in [1.54, 1.807) is 0 Å². The Balaban J connectivity index is 2.95. The average molecular weight is 177 g/mol. The lowest BCUT2D eigenvalue weighted by Gasteiger charge is -1.92. The molecule has 0 spiro atoms. The summed E-state index contributed by atoms with van der Waals surface area (Å²) in [5.41, 5.74) is 0. The fourth-order valence-electron chi connectivity index (χ4n) is 0.936. The Morgan fingerprint density at radius 2 is 1.82 bits per heavy atom. The van der Waals surface area contributed by atoms with Crippen molar-refractivity contribution in [2.75, 3.05) is 13.3 Å². The summed E-state index contributed by atoms with van der Waals surface area (Å²) in [6.07, 6.45) is 6.79. The molecule has 0 bridgehead atoms. The largest absolute Gasteiger partial charge is 0.507 e. The van der Waals surface area contributed by atoms with Gasteiger partial charge >= 0.3 is 8.03 Å². The molecule has 0 aromatic heterocycles. The first-order valence-electron chi connectivity index (χ1n) is 4.30. The zero-order valence-corrected chi connectivity index (χ0v) is 8.40. The van der Waals surface area contributed by atoms with Crippen LogP contribution in [0.5, 0.6) is 0 Å². The summed E-state index contributed by atoms with van der Waals surface area (Å²) in [5, 5.41) is 0. The first-order valence-corrected chi connectivity index (χ1v) is 5.66. The van der Waals surface area contributed by atoms with Crippen molar-refractivity contribution in [3.63, 3.8) is 0 Å². The van der Waals surface area contributed by atoms with Gasteiger partial charge in [-0.25, -0.2) is 0 Å². The molecule has 2 nitrogen and oxygen atoms in total. The molecular formula is C8H18O2P+. The minimum atomic E-state index is -1.35. The predicted octanol–water partition coefficient (Wildman–Crippen LogP) is 3.35. The molecule has 0 amide bonds. The van der Waals surface area contributed by atoms with Gasteiger partial charge in [0.2, 0.25) is 0 Å². The SMILES string of the molecule is CCCCCCC[P+](=O)OC. The number of hydrogen-bond donors (Lipinski definition) is 0. The van der Waals surface area contributed by atoms with Crippen LogP contribution in [0.15, 0.2) is 0 Å². The van der Waals surface area contributed by atoms with Gasteiger partial charge in [0, 0.05) is 0 Å². The smallest absolute Gasteiger partial charge is 0.150 e. The first kappa shape index (κ1) is 11.1. The summed E-state index contributed by atoms with van der Waals surface area (Å²) in [6.45, 7) is 2.19. The van der Waals surface area contributed by atoms with E-state index in [1.165, 1.54) is 32.8 Å². The van der Waals surface area contributed by atoms with Gasteiger partial charge in [0.05, 0.1) is 7.11 Å². The second kappa shape index (κ2) is 8.16. The maximum absolute atomic E-state index is 10.8. The van der Waals surface area contributed by atoms with E-state index in [0.29, 0.717) is 0 Å². The molecule has 0 aromatic rings. The highest BCUT2D eigenvalue weighted by Gasteiger charge is 2.11. The van der Waals surface area contributed by atoms with Crippen LogP contribution in [0.25, 0.3) is 0 Å². The van der Waals surface area contributed by atoms with Gasteiger partial charge in [-0.3, -0.25) is 0 Å². The minimum Gasteiger partial charge on any atom is -0.150 e. The van der Waals surface area contributed by atoms with Gasteiger partial charge in [-0.15, -0.1) is 4.52 Å². The maximum Gasteiger partial charge on any atom is 0.507 e. The van der Waals surface area contributed by atoms with Crippen LogP contribution in [0.4, 0.5) is 0 Å². The molecule has 66 valence electrons. The van der Waals surface area contributed by atoms with Crippen molar-refractivity contribution in [1.82, 2.24) is 0 Å². The summed E-state index contributed by atoms with van der Waals surface area (Å²) < 4.78 is 15.4. The topological polar surface area (TPSA) is 26.3 Å². The van der Waals surface area contributed by atoms with Crippen LogP contribution < -0.4 is 0 Å². The Bertz CT molecular complexity index is 104. The molecule has 0 aliphatic carbocycles. The van der Waals surface area contributed by atoms with Crippen LogP contribution in [-0.4, -0.2) is 13.3 Å². The highest BCUT2D eigenvalue weighted by molar-refractivity contribution is 7.39. The van der Waals surface area contributed by atoms with Crippen molar-refractivity contribution in [1.29, 1.82) is 0 Å². The minimum absolute atomic E-state index is 0.732. The van der Waals surface area contributed by atoms with Gasteiger partial charge in [-0.2, -0.15) is 0 Å². The lowest BCUT2D eigenvalue weighted by atomic mass is 10.2. The molecule has 3 heteroatoms. The highest BCUT2D eigenvalue weighted by Crippen LogP contribution is 2.22. The van der Waals surface area contributed by atoms with E-state index in [-0.39, 0.29) is 0 Å². The van der Waals surface area contributed by atoms with Gasteiger partial charge in [-0.05, 0) is 17.4 Å². The standard InChI is InChI=1S/C8H18O2P/c1-3-4-5-6-7-8-11(9)10-2/h3-8H2,1-2H3/q+1. The Hall–Kier alpha value is 0.0600. The van der Waals surface area contributed by atoms with E-state index in [0.717, 1.165) is 12.6 Å². The summed E-state index contributed by atoms with van der Waals surface area (Å²) in [5.74, 6) is 0. The van der Waals surface area contributed by atoms with E-state index in [2.05, 4.69) is 11.4 Å². The van der Waals surface area contributed by atoms with Crippen LogP contribution in [0.1, 0.15) is 39.0 Å². The Labute approximate surface area is 70.2 Å². The van der Waals surface area contributed by atoms with E-state index >= 15 is 0 Å². The zero-order valence-electron chi connectivity index (χ0n) is 7.51.